The maximum atomic E-state index is 14.1. The van der Waals surface area contributed by atoms with E-state index in [4.69, 9.17) is 4.74 Å². The average molecular weight is 415 g/mol. The van der Waals surface area contributed by atoms with Gasteiger partial charge in [0.25, 0.3) is 11.5 Å². The lowest BCUT2D eigenvalue weighted by Crippen LogP contribution is -2.28. The van der Waals surface area contributed by atoms with Crippen LogP contribution in [0.5, 0.6) is 11.6 Å². The van der Waals surface area contributed by atoms with Gasteiger partial charge in [-0.15, -0.1) is 11.3 Å². The Morgan fingerprint density at radius 2 is 2.07 bits per heavy atom. The number of fused-ring (bicyclic) bond motifs is 1. The third kappa shape index (κ3) is 3.57. The number of amides is 1. The third-order valence-corrected chi connectivity index (χ3v) is 4.66. The van der Waals surface area contributed by atoms with Gasteiger partial charge in [0.15, 0.2) is 11.6 Å². The lowest BCUT2D eigenvalue weighted by Gasteiger charge is -2.11. The summed E-state index contributed by atoms with van der Waals surface area (Å²) >= 11 is 1.02. The monoisotopic (exact) mass is 415 g/mol. The maximum absolute atomic E-state index is 14.1. The fraction of sp³-hybridized carbons (Fsp3) is 0.235. The van der Waals surface area contributed by atoms with Gasteiger partial charge in [0.05, 0.1) is 11.6 Å². The molecule has 0 aliphatic carbocycles. The molecular formula is C17H13F4N3O3S. The van der Waals surface area contributed by atoms with E-state index >= 15 is 0 Å². The molecule has 0 aliphatic heterocycles. The van der Waals surface area contributed by atoms with Crippen molar-refractivity contribution in [3.8, 4) is 11.6 Å². The van der Waals surface area contributed by atoms with Gasteiger partial charge in [-0.1, -0.05) is 6.07 Å². The molecule has 1 N–H and O–H groups in total. The number of ether oxygens (including phenoxy) is 1. The van der Waals surface area contributed by atoms with Crippen LogP contribution >= 0.6 is 11.3 Å². The minimum absolute atomic E-state index is 0.0913. The van der Waals surface area contributed by atoms with Gasteiger partial charge < -0.3 is 10.1 Å². The second-order valence-corrected chi connectivity index (χ2v) is 6.82. The van der Waals surface area contributed by atoms with Crippen LogP contribution in [0.25, 0.3) is 4.96 Å². The van der Waals surface area contributed by atoms with Crippen molar-refractivity contribution in [2.24, 2.45) is 0 Å². The highest BCUT2D eigenvalue weighted by Gasteiger charge is 2.35. The molecule has 0 bridgehead atoms. The Bertz CT molecular complexity index is 1120. The molecule has 1 aromatic carbocycles. The van der Waals surface area contributed by atoms with Crippen molar-refractivity contribution >= 4 is 22.2 Å². The summed E-state index contributed by atoms with van der Waals surface area (Å²) < 4.78 is 58.8. The molecule has 0 radical (unpaired) electrons. The highest BCUT2D eigenvalue weighted by molar-refractivity contribution is 7.17. The van der Waals surface area contributed by atoms with Crippen LogP contribution in [0.3, 0.4) is 0 Å². The summed E-state index contributed by atoms with van der Waals surface area (Å²) in [6.45, 7) is 3.70. The molecule has 0 saturated heterocycles. The molecule has 1 amide bonds. The Labute approximate surface area is 159 Å². The van der Waals surface area contributed by atoms with E-state index in [0.29, 0.717) is 17.5 Å². The zero-order valence-corrected chi connectivity index (χ0v) is 15.4. The van der Waals surface area contributed by atoms with Gasteiger partial charge in [0, 0.05) is 11.4 Å². The Hall–Kier alpha value is -2.95. The number of nitrogens with zero attached hydrogens (tertiary/aromatic N) is 2. The molecular weight excluding hydrogens is 402 g/mol. The first kappa shape index (κ1) is 19.8. The zero-order chi connectivity index (χ0) is 20.6. The normalized spacial score (nSPS) is 11.6. The number of rotatable bonds is 4. The molecule has 148 valence electrons. The van der Waals surface area contributed by atoms with Gasteiger partial charge in [-0.3, -0.25) is 9.59 Å². The van der Waals surface area contributed by atoms with E-state index in [1.807, 2.05) is 0 Å². The van der Waals surface area contributed by atoms with Crippen LogP contribution in [0.15, 0.2) is 29.1 Å². The molecule has 28 heavy (non-hydrogen) atoms. The highest BCUT2D eigenvalue weighted by Crippen LogP contribution is 2.36. The molecule has 2 heterocycles. The molecule has 6 nitrogen and oxygen atoms in total. The SMILES string of the molecule is CCNC(=O)c1c(C)sc2nc(Oc3cccc(C(F)(F)F)c3F)cc(=O)n12. The molecule has 0 atom stereocenters. The lowest BCUT2D eigenvalue weighted by molar-refractivity contribution is -0.140. The molecule has 0 fully saturated rings. The van der Waals surface area contributed by atoms with Gasteiger partial charge in [-0.2, -0.15) is 18.2 Å². The van der Waals surface area contributed by atoms with Crippen molar-refractivity contribution in [3.63, 3.8) is 0 Å². The lowest BCUT2D eigenvalue weighted by atomic mass is 10.2. The Morgan fingerprint density at radius 1 is 1.36 bits per heavy atom. The third-order valence-electron chi connectivity index (χ3n) is 3.70. The number of hydrogen-bond acceptors (Lipinski definition) is 5. The van der Waals surface area contributed by atoms with E-state index in [9.17, 15) is 27.2 Å². The first-order valence-electron chi connectivity index (χ1n) is 7.98. The summed E-state index contributed by atoms with van der Waals surface area (Å²) in [5, 5.41) is 2.58. The average Bonchev–Trinajstić information content (AvgIpc) is 2.92. The molecule has 0 unspecified atom stereocenters. The van der Waals surface area contributed by atoms with Crippen molar-refractivity contribution < 1.29 is 27.1 Å². The second-order valence-electron chi connectivity index (χ2n) is 5.63. The largest absolute Gasteiger partial charge is 0.436 e. The zero-order valence-electron chi connectivity index (χ0n) is 14.6. The van der Waals surface area contributed by atoms with E-state index < -0.39 is 34.8 Å². The molecule has 0 spiro atoms. The first-order valence-corrected chi connectivity index (χ1v) is 8.80. The number of thiazole rings is 1. The van der Waals surface area contributed by atoms with Crippen LogP contribution in [-0.4, -0.2) is 21.8 Å². The van der Waals surface area contributed by atoms with Crippen molar-refractivity contribution in [1.82, 2.24) is 14.7 Å². The number of benzene rings is 1. The number of aromatic nitrogens is 2. The predicted molar refractivity (Wildman–Crippen MR) is 93.6 cm³/mol. The van der Waals surface area contributed by atoms with Crippen LogP contribution in [-0.2, 0) is 6.18 Å². The standard InChI is InChI=1S/C17H13F4N3O3S/c1-3-22-15(26)14-8(2)28-16-23-11(7-12(25)24(14)16)27-10-6-4-5-9(13(10)18)17(19,20)21/h4-7H,3H2,1-2H3,(H,22,26). The van der Waals surface area contributed by atoms with Crippen LogP contribution in [0.4, 0.5) is 17.6 Å². The van der Waals surface area contributed by atoms with E-state index in [-0.39, 0.29) is 16.5 Å². The summed E-state index contributed by atoms with van der Waals surface area (Å²) in [6, 6.07) is 3.43. The smallest absolute Gasteiger partial charge is 0.419 e. The molecule has 3 aromatic rings. The molecule has 11 heteroatoms. The van der Waals surface area contributed by atoms with Gasteiger partial charge >= 0.3 is 6.18 Å². The molecule has 0 aliphatic rings. The predicted octanol–water partition coefficient (Wildman–Crippen LogP) is 3.76. The van der Waals surface area contributed by atoms with E-state index in [2.05, 4.69) is 10.3 Å². The number of aryl methyl sites for hydroxylation is 1. The highest BCUT2D eigenvalue weighted by atomic mass is 32.1. The van der Waals surface area contributed by atoms with Crippen LogP contribution in [0, 0.1) is 12.7 Å². The number of hydrogen-bond donors (Lipinski definition) is 1. The van der Waals surface area contributed by atoms with Gasteiger partial charge in [-0.05, 0) is 26.0 Å². The summed E-state index contributed by atoms with van der Waals surface area (Å²) in [6.07, 6.45) is -4.90. The Balaban J connectivity index is 2.06. The molecule has 0 saturated carbocycles. The summed E-state index contributed by atoms with van der Waals surface area (Å²) in [7, 11) is 0. The Morgan fingerprint density at radius 3 is 2.71 bits per heavy atom. The minimum atomic E-state index is -4.90. The summed E-state index contributed by atoms with van der Waals surface area (Å²) in [4.78, 5) is 29.2. The van der Waals surface area contributed by atoms with Crippen molar-refractivity contribution in [1.29, 1.82) is 0 Å². The van der Waals surface area contributed by atoms with Gasteiger partial charge in [0.1, 0.15) is 5.69 Å². The first-order chi connectivity index (χ1) is 13.1. The number of alkyl halides is 3. The minimum Gasteiger partial charge on any atom is -0.436 e. The van der Waals surface area contributed by atoms with Crippen molar-refractivity contribution in [2.75, 3.05) is 6.54 Å². The summed E-state index contributed by atoms with van der Waals surface area (Å²) in [5.74, 6) is -3.18. The topological polar surface area (TPSA) is 72.7 Å². The van der Waals surface area contributed by atoms with Crippen molar-refractivity contribution in [2.45, 2.75) is 20.0 Å². The van der Waals surface area contributed by atoms with E-state index in [0.717, 1.165) is 33.9 Å². The maximum Gasteiger partial charge on any atom is 0.419 e. The van der Waals surface area contributed by atoms with Crippen LogP contribution in [0.2, 0.25) is 0 Å². The fourth-order valence-electron chi connectivity index (χ4n) is 2.54. The van der Waals surface area contributed by atoms with Gasteiger partial charge in [-0.25, -0.2) is 8.79 Å². The number of carbonyl (C=O) groups excluding carboxylic acids is 1. The molecule has 2 aromatic heterocycles. The number of carbonyl (C=O) groups is 1. The van der Waals surface area contributed by atoms with Crippen LogP contribution < -0.4 is 15.6 Å². The fourth-order valence-corrected chi connectivity index (χ4v) is 3.50. The van der Waals surface area contributed by atoms with Crippen molar-refractivity contribution in [3.05, 3.63) is 56.6 Å². The van der Waals surface area contributed by atoms with E-state index in [1.54, 1.807) is 13.8 Å². The van der Waals surface area contributed by atoms with E-state index in [1.165, 1.54) is 0 Å². The van der Waals surface area contributed by atoms with Gasteiger partial charge in [0.2, 0.25) is 10.8 Å². The number of nitrogens with one attached hydrogen (secondary N) is 1. The number of halogens is 4. The van der Waals surface area contributed by atoms with Crippen LogP contribution in [0.1, 0.15) is 27.9 Å². The second kappa shape index (κ2) is 7.23. The summed E-state index contributed by atoms with van der Waals surface area (Å²) in [5.41, 5.74) is -2.07. The Kier molecular flexibility index (Phi) is 5.11. The quantitative estimate of drug-likeness (QED) is 0.659. The molecule has 3 rings (SSSR count).